The van der Waals surface area contributed by atoms with Gasteiger partial charge in [0.05, 0.1) is 6.04 Å². The Morgan fingerprint density at radius 3 is 2.71 bits per heavy atom. The molecule has 0 aromatic heterocycles. The second-order valence-electron chi connectivity index (χ2n) is 8.64. The molecule has 1 aromatic rings. The molecule has 5 nitrogen and oxygen atoms in total. The fourth-order valence-electron chi connectivity index (χ4n) is 5.12. The molecule has 3 fully saturated rings. The van der Waals surface area contributed by atoms with E-state index in [-0.39, 0.29) is 36.0 Å². The van der Waals surface area contributed by atoms with Crippen LogP contribution in [0.2, 0.25) is 0 Å². The second kappa shape index (κ2) is 8.42. The summed E-state index contributed by atoms with van der Waals surface area (Å²) in [5.41, 5.74) is 0.315. The molecule has 2 amide bonds. The molecule has 4 atom stereocenters. The van der Waals surface area contributed by atoms with Crippen molar-refractivity contribution in [2.45, 2.75) is 63.4 Å². The first-order valence-electron chi connectivity index (χ1n) is 10.9. The van der Waals surface area contributed by atoms with Gasteiger partial charge in [0, 0.05) is 31.0 Å². The van der Waals surface area contributed by atoms with E-state index in [2.05, 4.69) is 6.58 Å². The number of carbonyl (C=O) groups excluding carboxylic acids is 2. The van der Waals surface area contributed by atoms with E-state index in [1.807, 2.05) is 42.2 Å². The number of rotatable bonds is 4. The molecule has 0 radical (unpaired) electrons. The monoisotopic (exact) mass is 424 g/mol. The number of fused-ring (bicyclic) bond motifs is 1. The predicted molar refractivity (Wildman–Crippen MR) is 117 cm³/mol. The highest BCUT2D eigenvalue weighted by atomic mass is 19.1. The number of carbonyl (C=O) groups is 2. The summed E-state index contributed by atoms with van der Waals surface area (Å²) >= 11 is 0. The van der Waals surface area contributed by atoms with Crippen LogP contribution in [0.25, 0.3) is 0 Å². The standard InChI is InChI=1S/C25H29FN2O3/c1-4-8-20(26)15-17(2)21-11-12-22-28(21)24(30)25(31-22)13-14-27(18(3)16-25)23(29)19-9-6-5-7-10-19/h4-10,15,18,21-22H,2,11-14,16H2,1,3H3/b8-4-,20-15+/t18?,21-,22+,25?/m0/s1. The minimum atomic E-state index is -0.915. The van der Waals surface area contributed by atoms with Gasteiger partial charge in [-0.2, -0.15) is 0 Å². The molecule has 3 aliphatic heterocycles. The SMILES string of the molecule is C=C(/C=C(F)\C=C/C)[C@@H]1CC[C@H]2OC3(CCN(C(=O)c4ccccc4)C(C)C3)C(=O)N21. The number of hydrogen-bond donors (Lipinski definition) is 0. The van der Waals surface area contributed by atoms with E-state index in [0.29, 0.717) is 43.4 Å². The number of likely N-dealkylation sites (tertiary alicyclic amines) is 1. The number of amides is 2. The summed E-state index contributed by atoms with van der Waals surface area (Å²) in [4.78, 5) is 30.0. The molecule has 0 aliphatic carbocycles. The van der Waals surface area contributed by atoms with Crippen LogP contribution in [-0.4, -0.2) is 52.1 Å². The molecule has 3 heterocycles. The zero-order valence-electron chi connectivity index (χ0n) is 18.1. The van der Waals surface area contributed by atoms with E-state index in [1.165, 1.54) is 12.2 Å². The Kier molecular flexibility index (Phi) is 5.84. The van der Waals surface area contributed by atoms with Gasteiger partial charge >= 0.3 is 0 Å². The molecule has 1 spiro atoms. The van der Waals surface area contributed by atoms with Crippen molar-refractivity contribution in [3.63, 3.8) is 0 Å². The molecule has 0 bridgehead atoms. The number of nitrogens with zero attached hydrogens (tertiary/aromatic N) is 2. The van der Waals surface area contributed by atoms with Gasteiger partial charge in [-0.3, -0.25) is 9.59 Å². The second-order valence-corrected chi connectivity index (χ2v) is 8.64. The van der Waals surface area contributed by atoms with E-state index < -0.39 is 5.60 Å². The number of allylic oxidation sites excluding steroid dienone is 3. The Labute approximate surface area is 182 Å². The quantitative estimate of drug-likeness (QED) is 0.674. The Balaban J connectivity index is 1.48. The summed E-state index contributed by atoms with van der Waals surface area (Å²) in [5.74, 6) is -0.455. The van der Waals surface area contributed by atoms with E-state index in [1.54, 1.807) is 17.9 Å². The summed E-state index contributed by atoms with van der Waals surface area (Å²) in [7, 11) is 0. The third-order valence-corrected chi connectivity index (χ3v) is 6.59. The molecule has 164 valence electrons. The van der Waals surface area contributed by atoms with Gasteiger partial charge in [0.2, 0.25) is 0 Å². The fraction of sp³-hybridized carbons (Fsp3) is 0.440. The fourth-order valence-corrected chi connectivity index (χ4v) is 5.12. The van der Waals surface area contributed by atoms with Gasteiger partial charge in [-0.1, -0.05) is 30.9 Å². The number of hydrogen-bond acceptors (Lipinski definition) is 3. The Morgan fingerprint density at radius 2 is 2.03 bits per heavy atom. The summed E-state index contributed by atoms with van der Waals surface area (Å²) in [5, 5.41) is 0. The lowest BCUT2D eigenvalue weighted by Crippen LogP contribution is -2.55. The van der Waals surface area contributed by atoms with Gasteiger partial charge in [0.1, 0.15) is 12.1 Å². The van der Waals surface area contributed by atoms with Gasteiger partial charge < -0.3 is 14.5 Å². The maximum atomic E-state index is 13.9. The zero-order valence-corrected chi connectivity index (χ0v) is 18.1. The molecule has 6 heteroatoms. The smallest absolute Gasteiger partial charge is 0.257 e. The van der Waals surface area contributed by atoms with Crippen LogP contribution in [0, 0.1) is 0 Å². The normalized spacial score (nSPS) is 31.0. The Hall–Kier alpha value is -2.73. The lowest BCUT2D eigenvalue weighted by Gasteiger charge is -2.42. The van der Waals surface area contributed by atoms with Crippen molar-refractivity contribution in [2.24, 2.45) is 0 Å². The van der Waals surface area contributed by atoms with Gasteiger partial charge in [-0.15, -0.1) is 0 Å². The minimum absolute atomic E-state index is 0.0234. The molecular formula is C25H29FN2O3. The topological polar surface area (TPSA) is 49.9 Å². The van der Waals surface area contributed by atoms with Gasteiger partial charge in [-0.25, -0.2) is 4.39 Å². The van der Waals surface area contributed by atoms with Crippen molar-refractivity contribution in [3.05, 3.63) is 72.1 Å². The molecule has 0 saturated carbocycles. The van der Waals surface area contributed by atoms with Crippen molar-refractivity contribution in [1.82, 2.24) is 9.80 Å². The average molecular weight is 425 g/mol. The van der Waals surface area contributed by atoms with Crippen LogP contribution in [0.3, 0.4) is 0 Å². The minimum Gasteiger partial charge on any atom is -0.342 e. The van der Waals surface area contributed by atoms with Crippen molar-refractivity contribution >= 4 is 11.8 Å². The van der Waals surface area contributed by atoms with Crippen LogP contribution >= 0.6 is 0 Å². The summed E-state index contributed by atoms with van der Waals surface area (Å²) in [6.07, 6.45) is 6.43. The molecule has 31 heavy (non-hydrogen) atoms. The van der Waals surface area contributed by atoms with Crippen LogP contribution in [0.4, 0.5) is 4.39 Å². The highest BCUT2D eigenvalue weighted by molar-refractivity contribution is 5.95. The largest absolute Gasteiger partial charge is 0.342 e. The van der Waals surface area contributed by atoms with Gasteiger partial charge in [0.15, 0.2) is 5.60 Å². The molecule has 4 rings (SSSR count). The van der Waals surface area contributed by atoms with Crippen molar-refractivity contribution in [3.8, 4) is 0 Å². The third-order valence-electron chi connectivity index (χ3n) is 6.59. The van der Waals surface area contributed by atoms with Crippen molar-refractivity contribution in [2.75, 3.05) is 6.54 Å². The maximum Gasteiger partial charge on any atom is 0.257 e. The highest BCUT2D eigenvalue weighted by Crippen LogP contribution is 2.45. The molecule has 2 unspecified atom stereocenters. The third kappa shape index (κ3) is 3.85. The first kappa shape index (κ1) is 21.5. The van der Waals surface area contributed by atoms with Gasteiger partial charge in [-0.05, 0) is 56.5 Å². The lowest BCUT2D eigenvalue weighted by molar-refractivity contribution is -0.144. The molecule has 0 N–H and O–H groups in total. The summed E-state index contributed by atoms with van der Waals surface area (Å²) in [6.45, 7) is 8.19. The van der Waals surface area contributed by atoms with Crippen LogP contribution in [0.5, 0.6) is 0 Å². The first-order chi connectivity index (χ1) is 14.9. The van der Waals surface area contributed by atoms with Crippen LogP contribution in [0.1, 0.15) is 49.9 Å². The van der Waals surface area contributed by atoms with Crippen molar-refractivity contribution < 1.29 is 18.7 Å². The van der Waals surface area contributed by atoms with E-state index in [4.69, 9.17) is 4.74 Å². The molecule has 3 aliphatic rings. The number of halogens is 1. The van der Waals surface area contributed by atoms with Gasteiger partial charge in [0.25, 0.3) is 11.8 Å². The van der Waals surface area contributed by atoms with E-state index >= 15 is 0 Å². The number of ether oxygens (including phenoxy) is 1. The average Bonchev–Trinajstić information content (AvgIpc) is 3.27. The summed E-state index contributed by atoms with van der Waals surface area (Å²) < 4.78 is 20.3. The predicted octanol–water partition coefficient (Wildman–Crippen LogP) is 4.38. The van der Waals surface area contributed by atoms with Crippen molar-refractivity contribution in [1.29, 1.82) is 0 Å². The molecular weight excluding hydrogens is 395 g/mol. The molecule has 1 aromatic carbocycles. The Bertz CT molecular complexity index is 941. The van der Waals surface area contributed by atoms with E-state index in [0.717, 1.165) is 0 Å². The summed E-state index contributed by atoms with van der Waals surface area (Å²) in [6, 6.07) is 8.82. The molecule has 3 saturated heterocycles. The van der Waals surface area contributed by atoms with Crippen LogP contribution in [0.15, 0.2) is 66.5 Å². The first-order valence-corrected chi connectivity index (χ1v) is 10.9. The maximum absolute atomic E-state index is 13.9. The zero-order chi connectivity index (χ0) is 22.2. The highest BCUT2D eigenvalue weighted by Gasteiger charge is 2.59. The lowest BCUT2D eigenvalue weighted by atomic mass is 9.85. The number of benzene rings is 1. The Morgan fingerprint density at radius 1 is 1.29 bits per heavy atom. The van der Waals surface area contributed by atoms with Crippen LogP contribution < -0.4 is 0 Å². The van der Waals surface area contributed by atoms with Crippen LogP contribution in [-0.2, 0) is 9.53 Å². The number of piperidine rings is 1. The van der Waals surface area contributed by atoms with E-state index in [9.17, 15) is 14.0 Å².